The van der Waals surface area contributed by atoms with Crippen LogP contribution in [0.2, 0.25) is 0 Å². The number of likely N-dealkylation sites (tertiary alicyclic amines) is 1. The number of fused-ring (bicyclic) bond motifs is 1. The highest BCUT2D eigenvalue weighted by atomic mass is 32.1. The summed E-state index contributed by atoms with van der Waals surface area (Å²) in [4.78, 5) is 7.10. The Labute approximate surface area is 116 Å². The summed E-state index contributed by atoms with van der Waals surface area (Å²) in [7, 11) is 0. The molecule has 2 aliphatic rings. The van der Waals surface area contributed by atoms with Crippen LogP contribution in [0, 0.1) is 0 Å². The minimum absolute atomic E-state index is 0.559. The van der Waals surface area contributed by atoms with Crippen molar-refractivity contribution in [3.05, 3.63) is 29.3 Å². The molecule has 4 rings (SSSR count). The van der Waals surface area contributed by atoms with Crippen LogP contribution in [0.1, 0.15) is 24.3 Å². The second kappa shape index (κ2) is 4.27. The fraction of sp³-hybridized carbons (Fsp3) is 0.533. The molecule has 1 aromatic heterocycles. The first-order valence-electron chi connectivity index (χ1n) is 7.03. The summed E-state index contributed by atoms with van der Waals surface area (Å²) in [5, 5.41) is 11.8. The zero-order valence-corrected chi connectivity index (χ0v) is 11.7. The molecule has 19 heavy (non-hydrogen) atoms. The van der Waals surface area contributed by atoms with Crippen molar-refractivity contribution in [3.8, 4) is 0 Å². The van der Waals surface area contributed by atoms with Crippen molar-refractivity contribution >= 4 is 21.6 Å². The quantitative estimate of drug-likeness (QED) is 0.934. The van der Waals surface area contributed by atoms with Gasteiger partial charge in [-0.25, -0.2) is 4.98 Å². The maximum absolute atomic E-state index is 10.7. The van der Waals surface area contributed by atoms with Crippen LogP contribution < -0.4 is 0 Å². The maximum atomic E-state index is 10.7. The molecule has 2 heterocycles. The lowest BCUT2D eigenvalue weighted by molar-refractivity contribution is 0.0487. The van der Waals surface area contributed by atoms with Gasteiger partial charge in [-0.3, -0.25) is 4.90 Å². The van der Waals surface area contributed by atoms with E-state index in [-0.39, 0.29) is 0 Å². The molecule has 1 aromatic carbocycles. The molecular formula is C15H18N2OS. The fourth-order valence-corrected chi connectivity index (χ4v) is 4.16. The van der Waals surface area contributed by atoms with E-state index in [2.05, 4.69) is 16.0 Å². The molecule has 1 aliphatic heterocycles. The highest BCUT2D eigenvalue weighted by Gasteiger charge is 2.42. The van der Waals surface area contributed by atoms with Gasteiger partial charge in [0, 0.05) is 25.6 Å². The van der Waals surface area contributed by atoms with E-state index in [4.69, 9.17) is 0 Å². The third kappa shape index (κ3) is 2.29. The van der Waals surface area contributed by atoms with E-state index < -0.39 is 5.60 Å². The zero-order valence-electron chi connectivity index (χ0n) is 10.9. The molecule has 1 aliphatic carbocycles. The number of aromatic nitrogens is 1. The van der Waals surface area contributed by atoms with Crippen LogP contribution in [0.15, 0.2) is 24.3 Å². The Morgan fingerprint density at radius 1 is 1.37 bits per heavy atom. The largest absolute Gasteiger partial charge is 0.388 e. The van der Waals surface area contributed by atoms with E-state index in [9.17, 15) is 5.11 Å². The molecule has 0 radical (unpaired) electrons. The number of thiazole rings is 1. The SMILES string of the molecule is OC1(Cc2nc3ccccc3s2)CCN(C2CC2)C1. The number of benzene rings is 1. The van der Waals surface area contributed by atoms with E-state index in [1.165, 1.54) is 17.5 Å². The second-order valence-electron chi connectivity index (χ2n) is 5.93. The summed E-state index contributed by atoms with van der Waals surface area (Å²) >= 11 is 1.72. The van der Waals surface area contributed by atoms with Crippen molar-refractivity contribution in [1.29, 1.82) is 0 Å². The summed E-state index contributed by atoms with van der Waals surface area (Å²) in [6, 6.07) is 8.97. The zero-order chi connectivity index (χ0) is 12.9. The molecule has 0 bridgehead atoms. The van der Waals surface area contributed by atoms with Crippen LogP contribution in [0.4, 0.5) is 0 Å². The van der Waals surface area contributed by atoms with Crippen LogP contribution in [0.25, 0.3) is 10.2 Å². The third-order valence-corrected chi connectivity index (χ3v) is 5.28. The number of rotatable bonds is 3. The predicted molar refractivity (Wildman–Crippen MR) is 77.5 cm³/mol. The van der Waals surface area contributed by atoms with Crippen LogP contribution >= 0.6 is 11.3 Å². The standard InChI is InChI=1S/C15H18N2OS/c18-15(7-8-17(10-15)11-5-6-11)9-14-16-12-3-1-2-4-13(12)19-14/h1-4,11,18H,5-10H2. The number of hydrogen-bond acceptors (Lipinski definition) is 4. The third-order valence-electron chi connectivity index (χ3n) is 4.24. The van der Waals surface area contributed by atoms with Crippen LogP contribution in [0.5, 0.6) is 0 Å². The molecule has 100 valence electrons. The molecule has 1 atom stereocenters. The Bertz CT molecular complexity index is 574. The lowest BCUT2D eigenvalue weighted by Gasteiger charge is -2.22. The van der Waals surface area contributed by atoms with Crippen molar-refractivity contribution < 1.29 is 5.11 Å². The van der Waals surface area contributed by atoms with Crippen molar-refractivity contribution in [2.24, 2.45) is 0 Å². The summed E-state index contributed by atoms with van der Waals surface area (Å²) in [6.45, 7) is 1.87. The molecule has 2 fully saturated rings. The summed E-state index contributed by atoms with van der Waals surface area (Å²) in [5.74, 6) is 0. The van der Waals surface area contributed by atoms with Crippen LogP contribution in [0.3, 0.4) is 0 Å². The van der Waals surface area contributed by atoms with Gasteiger partial charge in [0.2, 0.25) is 0 Å². The highest BCUT2D eigenvalue weighted by Crippen LogP contribution is 2.35. The van der Waals surface area contributed by atoms with Gasteiger partial charge in [-0.2, -0.15) is 0 Å². The van der Waals surface area contributed by atoms with Crippen LogP contribution in [-0.2, 0) is 6.42 Å². The average Bonchev–Trinajstić information content (AvgIpc) is 3.05. The maximum Gasteiger partial charge on any atom is 0.0967 e. The summed E-state index contributed by atoms with van der Waals surface area (Å²) < 4.78 is 1.22. The molecule has 3 nitrogen and oxygen atoms in total. The predicted octanol–water partition coefficient (Wildman–Crippen LogP) is 2.44. The second-order valence-corrected chi connectivity index (χ2v) is 7.04. The average molecular weight is 274 g/mol. The van der Waals surface area contributed by atoms with Gasteiger partial charge in [-0.05, 0) is 31.4 Å². The van der Waals surface area contributed by atoms with Gasteiger partial charge in [0.25, 0.3) is 0 Å². The first-order chi connectivity index (χ1) is 9.22. The minimum atomic E-state index is -0.559. The minimum Gasteiger partial charge on any atom is -0.388 e. The number of para-hydroxylation sites is 1. The lowest BCUT2D eigenvalue weighted by atomic mass is 9.99. The van der Waals surface area contributed by atoms with Gasteiger partial charge < -0.3 is 5.11 Å². The number of aliphatic hydroxyl groups is 1. The molecule has 0 spiro atoms. The fourth-order valence-electron chi connectivity index (χ4n) is 3.06. The van der Waals surface area contributed by atoms with E-state index >= 15 is 0 Å². The first kappa shape index (κ1) is 11.8. The van der Waals surface area contributed by atoms with E-state index in [1.807, 2.05) is 18.2 Å². The summed E-state index contributed by atoms with van der Waals surface area (Å²) in [5.41, 5.74) is 0.499. The van der Waals surface area contributed by atoms with Gasteiger partial charge in [0.15, 0.2) is 0 Å². The van der Waals surface area contributed by atoms with E-state index in [1.54, 1.807) is 11.3 Å². The van der Waals surface area contributed by atoms with Crippen LogP contribution in [-0.4, -0.2) is 39.7 Å². The Morgan fingerprint density at radius 3 is 3.00 bits per heavy atom. The Kier molecular flexibility index (Phi) is 2.65. The van der Waals surface area contributed by atoms with E-state index in [0.717, 1.165) is 36.1 Å². The molecular weight excluding hydrogens is 256 g/mol. The van der Waals surface area contributed by atoms with E-state index in [0.29, 0.717) is 6.42 Å². The van der Waals surface area contributed by atoms with Crippen molar-refractivity contribution in [2.45, 2.75) is 37.3 Å². The molecule has 2 aromatic rings. The number of hydrogen-bond donors (Lipinski definition) is 1. The van der Waals surface area contributed by atoms with Gasteiger partial charge in [0.05, 0.1) is 20.8 Å². The van der Waals surface area contributed by atoms with Crippen molar-refractivity contribution in [1.82, 2.24) is 9.88 Å². The monoisotopic (exact) mass is 274 g/mol. The normalized spacial score (nSPS) is 28.3. The first-order valence-corrected chi connectivity index (χ1v) is 7.84. The molecule has 0 amide bonds. The highest BCUT2D eigenvalue weighted by molar-refractivity contribution is 7.18. The smallest absolute Gasteiger partial charge is 0.0967 e. The molecule has 4 heteroatoms. The topological polar surface area (TPSA) is 36.4 Å². The molecule has 1 saturated carbocycles. The number of β-amino-alcohol motifs (C(OH)–C–C–N with tert-alkyl or cyclic N) is 1. The Hall–Kier alpha value is -0.970. The Morgan fingerprint density at radius 2 is 2.21 bits per heavy atom. The van der Waals surface area contributed by atoms with Crippen molar-refractivity contribution in [3.63, 3.8) is 0 Å². The van der Waals surface area contributed by atoms with Gasteiger partial charge in [0.1, 0.15) is 0 Å². The van der Waals surface area contributed by atoms with Gasteiger partial charge in [-0.15, -0.1) is 11.3 Å². The number of nitrogens with zero attached hydrogens (tertiary/aromatic N) is 2. The molecule has 1 N–H and O–H groups in total. The van der Waals surface area contributed by atoms with Gasteiger partial charge >= 0.3 is 0 Å². The lowest BCUT2D eigenvalue weighted by Crippen LogP contribution is -2.36. The van der Waals surface area contributed by atoms with Crippen molar-refractivity contribution in [2.75, 3.05) is 13.1 Å². The molecule has 1 unspecified atom stereocenters. The Balaban J connectivity index is 1.53. The van der Waals surface area contributed by atoms with Gasteiger partial charge in [-0.1, -0.05) is 12.1 Å². The molecule has 1 saturated heterocycles. The summed E-state index contributed by atoms with van der Waals surface area (Å²) in [6.07, 6.45) is 4.23.